The number of hydrogen-bond donors (Lipinski definition) is 1. The molecule has 2 rings (SSSR count). The van der Waals surface area contributed by atoms with Gasteiger partial charge in [-0.2, -0.15) is 0 Å². The summed E-state index contributed by atoms with van der Waals surface area (Å²) in [6, 6.07) is 2.58. The Labute approximate surface area is 116 Å². The molecule has 1 heterocycles. The topological polar surface area (TPSA) is 50.9 Å². The van der Waals surface area contributed by atoms with Gasteiger partial charge in [-0.25, -0.2) is 8.78 Å². The van der Waals surface area contributed by atoms with Crippen molar-refractivity contribution in [3.05, 3.63) is 35.2 Å². The van der Waals surface area contributed by atoms with Crippen molar-refractivity contribution >= 4 is 0 Å². The molecule has 2 aromatic rings. The minimum Gasteiger partial charge on any atom is -0.388 e. The molecule has 0 radical (unpaired) electrons. The van der Waals surface area contributed by atoms with Crippen LogP contribution in [0.3, 0.4) is 0 Å². The average Bonchev–Trinajstić information content (AvgIpc) is 2.78. The highest BCUT2D eigenvalue weighted by Crippen LogP contribution is 2.31. The van der Waals surface area contributed by atoms with E-state index in [9.17, 15) is 13.9 Å². The lowest BCUT2D eigenvalue weighted by molar-refractivity contribution is 0.250. The molecule has 1 aromatic heterocycles. The van der Waals surface area contributed by atoms with Crippen LogP contribution in [0.2, 0.25) is 0 Å². The molecule has 6 heteroatoms. The van der Waals surface area contributed by atoms with Gasteiger partial charge in [0.15, 0.2) is 11.6 Å². The first-order valence-electron chi connectivity index (χ1n) is 6.28. The number of aliphatic hydroxyl groups is 1. The third kappa shape index (κ3) is 2.31. The van der Waals surface area contributed by atoms with Gasteiger partial charge in [-0.1, -0.05) is 6.07 Å². The van der Waals surface area contributed by atoms with E-state index in [1.807, 2.05) is 20.8 Å². The van der Waals surface area contributed by atoms with Gasteiger partial charge in [-0.15, -0.1) is 10.2 Å². The maximum Gasteiger partial charge on any atom is 0.170 e. The van der Waals surface area contributed by atoms with E-state index in [1.165, 1.54) is 12.1 Å². The zero-order valence-electron chi connectivity index (χ0n) is 11.9. The summed E-state index contributed by atoms with van der Waals surface area (Å²) in [5, 5.41) is 17.0. The number of halogens is 2. The molecule has 0 amide bonds. The monoisotopic (exact) mass is 281 g/mol. The molecule has 108 valence electrons. The molecule has 0 atom stereocenters. The molecular weight excluding hydrogens is 264 g/mol. The molecule has 0 saturated carbocycles. The minimum absolute atomic E-state index is 0.0836. The first-order valence-corrected chi connectivity index (χ1v) is 6.28. The average molecular weight is 281 g/mol. The maximum absolute atomic E-state index is 14.2. The van der Waals surface area contributed by atoms with Gasteiger partial charge in [0.25, 0.3) is 0 Å². The number of hydrogen-bond acceptors (Lipinski definition) is 3. The summed E-state index contributed by atoms with van der Waals surface area (Å²) in [6.45, 7) is 6.77. The van der Waals surface area contributed by atoms with Gasteiger partial charge in [0.1, 0.15) is 18.2 Å². The Morgan fingerprint density at radius 1 is 1.20 bits per heavy atom. The van der Waals surface area contributed by atoms with Gasteiger partial charge >= 0.3 is 0 Å². The second kappa shape index (κ2) is 4.94. The number of rotatable bonds is 2. The maximum atomic E-state index is 14.2. The van der Waals surface area contributed by atoms with E-state index in [4.69, 9.17) is 0 Å². The molecule has 0 saturated heterocycles. The Hall–Kier alpha value is -1.82. The van der Waals surface area contributed by atoms with Gasteiger partial charge < -0.3 is 9.67 Å². The van der Waals surface area contributed by atoms with Crippen LogP contribution in [-0.4, -0.2) is 19.9 Å². The van der Waals surface area contributed by atoms with Crippen LogP contribution in [0.4, 0.5) is 8.78 Å². The molecular formula is C14H17F2N3O. The molecule has 0 aliphatic heterocycles. The van der Waals surface area contributed by atoms with Crippen molar-refractivity contribution < 1.29 is 13.9 Å². The fraction of sp³-hybridized carbons (Fsp3) is 0.429. The molecule has 4 nitrogen and oxygen atoms in total. The summed E-state index contributed by atoms with van der Waals surface area (Å²) in [7, 11) is 0. The third-order valence-corrected chi connectivity index (χ3v) is 3.05. The van der Waals surface area contributed by atoms with Crippen LogP contribution in [0.15, 0.2) is 12.1 Å². The molecule has 20 heavy (non-hydrogen) atoms. The number of aliphatic hydroxyl groups excluding tert-OH is 1. The summed E-state index contributed by atoms with van der Waals surface area (Å²) in [4.78, 5) is 0. The predicted octanol–water partition coefficient (Wildman–Crippen LogP) is 2.78. The lowest BCUT2D eigenvalue weighted by atomic mass is 10.1. The Morgan fingerprint density at radius 3 is 2.40 bits per heavy atom. The Bertz CT molecular complexity index is 645. The zero-order valence-corrected chi connectivity index (χ0v) is 11.9. The summed E-state index contributed by atoms with van der Waals surface area (Å²) in [5.41, 5.74) is -0.401. The van der Waals surface area contributed by atoms with Gasteiger partial charge in [0.05, 0.1) is 5.56 Å². The van der Waals surface area contributed by atoms with Crippen molar-refractivity contribution in [1.82, 2.24) is 14.8 Å². The highest BCUT2D eigenvalue weighted by Gasteiger charge is 2.27. The minimum atomic E-state index is -0.699. The number of nitrogens with zero attached hydrogens (tertiary/aromatic N) is 3. The Kier molecular flexibility index (Phi) is 3.60. The third-order valence-electron chi connectivity index (χ3n) is 3.05. The fourth-order valence-corrected chi connectivity index (χ4v) is 2.15. The van der Waals surface area contributed by atoms with Crippen LogP contribution < -0.4 is 0 Å². The van der Waals surface area contributed by atoms with Crippen LogP contribution in [0.25, 0.3) is 11.4 Å². The van der Waals surface area contributed by atoms with Crippen LogP contribution >= 0.6 is 0 Å². The first-order chi connectivity index (χ1) is 9.27. The number of aryl methyl sites for hydroxylation is 1. The second-order valence-corrected chi connectivity index (χ2v) is 5.66. The van der Waals surface area contributed by atoms with Crippen molar-refractivity contribution in [2.75, 3.05) is 0 Å². The van der Waals surface area contributed by atoms with E-state index in [2.05, 4.69) is 10.2 Å². The molecule has 1 aromatic carbocycles. The van der Waals surface area contributed by atoms with Crippen LogP contribution in [0.1, 0.15) is 32.2 Å². The molecule has 0 fully saturated rings. The first kappa shape index (κ1) is 14.6. The smallest absolute Gasteiger partial charge is 0.170 e. The largest absolute Gasteiger partial charge is 0.388 e. The van der Waals surface area contributed by atoms with Crippen molar-refractivity contribution in [2.24, 2.45) is 0 Å². The van der Waals surface area contributed by atoms with E-state index in [1.54, 1.807) is 11.5 Å². The van der Waals surface area contributed by atoms with Crippen LogP contribution in [-0.2, 0) is 12.1 Å². The van der Waals surface area contributed by atoms with Crippen molar-refractivity contribution in [3.8, 4) is 11.4 Å². The van der Waals surface area contributed by atoms with E-state index < -0.39 is 17.2 Å². The van der Waals surface area contributed by atoms with Gasteiger partial charge in [-0.3, -0.25) is 0 Å². The lowest BCUT2D eigenvalue weighted by Crippen LogP contribution is -2.25. The standard InChI is InChI=1S/C14H17F2N3O/c1-8-5-6-9(15)11(12(8)16)13-18-17-10(7-20)19(13)14(2,3)4/h5-6,20H,7H2,1-4H3. The second-order valence-electron chi connectivity index (χ2n) is 5.66. The molecule has 0 bridgehead atoms. The summed E-state index contributed by atoms with van der Waals surface area (Å²) in [5.74, 6) is -1.00. The quantitative estimate of drug-likeness (QED) is 0.921. The zero-order chi connectivity index (χ0) is 15.1. The predicted molar refractivity (Wildman–Crippen MR) is 71.0 cm³/mol. The van der Waals surface area contributed by atoms with Gasteiger partial charge in [-0.05, 0) is 39.3 Å². The SMILES string of the molecule is Cc1ccc(F)c(-c2nnc(CO)n2C(C)(C)C)c1F. The lowest BCUT2D eigenvalue weighted by Gasteiger charge is -2.25. The van der Waals surface area contributed by atoms with E-state index in [-0.39, 0.29) is 23.8 Å². The summed E-state index contributed by atoms with van der Waals surface area (Å²) < 4.78 is 29.8. The summed E-state index contributed by atoms with van der Waals surface area (Å²) in [6.07, 6.45) is 0. The Balaban J connectivity index is 2.78. The van der Waals surface area contributed by atoms with Gasteiger partial charge in [0, 0.05) is 5.54 Å². The molecule has 0 aliphatic carbocycles. The number of benzene rings is 1. The van der Waals surface area contributed by atoms with Crippen molar-refractivity contribution in [1.29, 1.82) is 0 Å². The van der Waals surface area contributed by atoms with E-state index >= 15 is 0 Å². The number of aromatic nitrogens is 3. The van der Waals surface area contributed by atoms with Crippen molar-refractivity contribution in [3.63, 3.8) is 0 Å². The van der Waals surface area contributed by atoms with Crippen molar-refractivity contribution in [2.45, 2.75) is 39.8 Å². The summed E-state index contributed by atoms with van der Waals surface area (Å²) >= 11 is 0. The Morgan fingerprint density at radius 2 is 1.85 bits per heavy atom. The normalized spacial score (nSPS) is 11.9. The highest BCUT2D eigenvalue weighted by molar-refractivity contribution is 5.59. The molecule has 0 aliphatic rings. The highest BCUT2D eigenvalue weighted by atomic mass is 19.1. The molecule has 1 N–H and O–H groups in total. The fourth-order valence-electron chi connectivity index (χ4n) is 2.15. The molecule has 0 spiro atoms. The van der Waals surface area contributed by atoms with E-state index in [0.29, 0.717) is 5.56 Å². The van der Waals surface area contributed by atoms with Gasteiger partial charge in [0.2, 0.25) is 0 Å². The van der Waals surface area contributed by atoms with Crippen LogP contribution in [0, 0.1) is 18.6 Å². The van der Waals surface area contributed by atoms with Crippen LogP contribution in [0.5, 0.6) is 0 Å². The molecule has 0 unspecified atom stereocenters. The van der Waals surface area contributed by atoms with E-state index in [0.717, 1.165) is 0 Å².